The van der Waals surface area contributed by atoms with E-state index in [0.717, 1.165) is 11.1 Å². The molecule has 2 aromatic rings. The summed E-state index contributed by atoms with van der Waals surface area (Å²) < 4.78 is 5.57. The number of carboxylic acids is 1. The van der Waals surface area contributed by atoms with Gasteiger partial charge in [0.2, 0.25) is 5.91 Å². The number of hydrogen-bond donors (Lipinski definition) is 3. The molecule has 0 bridgehead atoms. The first-order valence-electron chi connectivity index (χ1n) is 11.2. The van der Waals surface area contributed by atoms with Gasteiger partial charge < -0.3 is 20.5 Å². The number of aliphatic carboxylic acids is 1. The summed E-state index contributed by atoms with van der Waals surface area (Å²) in [5.41, 5.74) is 4.63. The van der Waals surface area contributed by atoms with E-state index in [4.69, 9.17) is 9.84 Å². The Morgan fingerprint density at radius 2 is 1.61 bits per heavy atom. The number of carboxylic acid groups (broad SMARTS) is 1. The summed E-state index contributed by atoms with van der Waals surface area (Å²) in [6.45, 7) is 3.45. The highest BCUT2D eigenvalue weighted by atomic mass is 16.5. The summed E-state index contributed by atoms with van der Waals surface area (Å²) in [7, 11) is 0. The van der Waals surface area contributed by atoms with Gasteiger partial charge in [-0.25, -0.2) is 4.79 Å². The van der Waals surface area contributed by atoms with Gasteiger partial charge in [-0.05, 0) is 42.5 Å². The van der Waals surface area contributed by atoms with Crippen molar-refractivity contribution in [1.29, 1.82) is 0 Å². The number of ether oxygens (including phenoxy) is 1. The molecule has 0 fully saturated rings. The molecule has 0 saturated heterocycles. The number of nitrogens with one attached hydrogen (secondary N) is 2. The van der Waals surface area contributed by atoms with E-state index in [0.29, 0.717) is 6.42 Å². The maximum absolute atomic E-state index is 12.5. The van der Waals surface area contributed by atoms with E-state index >= 15 is 0 Å². The molecule has 4 unspecified atom stereocenters. The molecule has 172 valence electrons. The van der Waals surface area contributed by atoms with Crippen LogP contribution in [0.1, 0.15) is 37.3 Å². The van der Waals surface area contributed by atoms with Crippen LogP contribution in [0.3, 0.4) is 0 Å². The first-order chi connectivity index (χ1) is 15.8. The highest BCUT2D eigenvalue weighted by Crippen LogP contribution is 2.44. The van der Waals surface area contributed by atoms with Crippen LogP contribution in [0.15, 0.2) is 60.7 Å². The van der Waals surface area contributed by atoms with Crippen molar-refractivity contribution in [3.63, 3.8) is 0 Å². The Hall–Kier alpha value is -3.61. The number of hydrogen-bond acceptors (Lipinski definition) is 4. The van der Waals surface area contributed by atoms with E-state index in [2.05, 4.69) is 34.9 Å². The lowest BCUT2D eigenvalue weighted by Gasteiger charge is -2.20. The number of rotatable bonds is 7. The van der Waals surface area contributed by atoms with Crippen molar-refractivity contribution in [1.82, 2.24) is 10.6 Å². The van der Waals surface area contributed by atoms with Crippen LogP contribution in [0, 0.1) is 11.8 Å². The maximum atomic E-state index is 12.5. The number of fused-ring (bicyclic) bond motifs is 3. The van der Waals surface area contributed by atoms with Crippen LogP contribution in [-0.2, 0) is 14.3 Å². The molecule has 0 saturated carbocycles. The first-order valence-corrected chi connectivity index (χ1v) is 11.2. The van der Waals surface area contributed by atoms with Crippen molar-refractivity contribution in [3.8, 4) is 11.1 Å². The van der Waals surface area contributed by atoms with Gasteiger partial charge in [-0.2, -0.15) is 0 Å². The van der Waals surface area contributed by atoms with Crippen LogP contribution >= 0.6 is 0 Å². The minimum absolute atomic E-state index is 0.0153. The zero-order valence-electron chi connectivity index (χ0n) is 18.7. The van der Waals surface area contributed by atoms with Gasteiger partial charge in [0, 0.05) is 12.0 Å². The second-order valence-electron chi connectivity index (χ2n) is 8.73. The Morgan fingerprint density at radius 1 is 1.00 bits per heavy atom. The Kier molecular flexibility index (Phi) is 6.49. The first kappa shape index (κ1) is 22.6. The van der Waals surface area contributed by atoms with Gasteiger partial charge in [0.15, 0.2) is 0 Å². The summed E-state index contributed by atoms with van der Waals surface area (Å²) in [5, 5.41) is 14.6. The number of alkyl carbamates (subject to hydrolysis) is 1. The van der Waals surface area contributed by atoms with Crippen molar-refractivity contribution >= 4 is 18.0 Å². The molecule has 7 heteroatoms. The Morgan fingerprint density at radius 3 is 2.21 bits per heavy atom. The Bertz CT molecular complexity index is 1050. The molecule has 2 amide bonds. The van der Waals surface area contributed by atoms with Crippen molar-refractivity contribution in [2.75, 3.05) is 6.61 Å². The average Bonchev–Trinajstić information content (AvgIpc) is 3.40. The summed E-state index contributed by atoms with van der Waals surface area (Å²) in [5.74, 6) is -2.33. The van der Waals surface area contributed by atoms with Crippen molar-refractivity contribution in [2.24, 2.45) is 11.8 Å². The number of carbonyl (C=O) groups is 3. The predicted molar refractivity (Wildman–Crippen MR) is 124 cm³/mol. The molecule has 0 spiro atoms. The standard InChI is InChI=1S/C26H28N2O5/c1-15(25(30)31)16(2)27-24(29)17-11-12-18(13-17)28-26(32)33-14-23-21-9-5-3-7-19(21)20-8-4-6-10-22(20)23/h3-12,15-18,23H,13-14H2,1-2H3,(H,27,29)(H,28,32)(H,30,31). The normalized spacial score (nSPS) is 20.4. The van der Waals surface area contributed by atoms with Gasteiger partial charge in [0.1, 0.15) is 6.61 Å². The fourth-order valence-corrected chi connectivity index (χ4v) is 4.46. The predicted octanol–water partition coefficient (Wildman–Crippen LogP) is 3.70. The van der Waals surface area contributed by atoms with Gasteiger partial charge in [-0.3, -0.25) is 9.59 Å². The van der Waals surface area contributed by atoms with E-state index in [1.165, 1.54) is 11.1 Å². The third kappa shape index (κ3) is 4.77. The summed E-state index contributed by atoms with van der Waals surface area (Å²) in [4.78, 5) is 36.0. The van der Waals surface area contributed by atoms with Crippen LogP contribution in [0.2, 0.25) is 0 Å². The smallest absolute Gasteiger partial charge is 0.407 e. The zero-order chi connectivity index (χ0) is 23.5. The summed E-state index contributed by atoms with van der Waals surface area (Å²) >= 11 is 0. The molecule has 4 atom stereocenters. The monoisotopic (exact) mass is 448 g/mol. The van der Waals surface area contributed by atoms with Crippen LogP contribution < -0.4 is 10.6 Å². The van der Waals surface area contributed by atoms with E-state index in [1.54, 1.807) is 26.0 Å². The largest absolute Gasteiger partial charge is 0.481 e. The second-order valence-corrected chi connectivity index (χ2v) is 8.73. The van der Waals surface area contributed by atoms with E-state index in [-0.39, 0.29) is 24.5 Å². The lowest BCUT2D eigenvalue weighted by Crippen LogP contribution is -2.43. The number of amides is 2. The van der Waals surface area contributed by atoms with E-state index < -0.39 is 29.9 Å². The van der Waals surface area contributed by atoms with Gasteiger partial charge in [-0.15, -0.1) is 0 Å². The Labute approximate surface area is 192 Å². The number of carbonyl (C=O) groups excluding carboxylic acids is 2. The highest BCUT2D eigenvalue weighted by Gasteiger charge is 2.31. The highest BCUT2D eigenvalue weighted by molar-refractivity contribution is 5.82. The van der Waals surface area contributed by atoms with E-state index in [9.17, 15) is 14.4 Å². The van der Waals surface area contributed by atoms with Gasteiger partial charge in [-0.1, -0.05) is 60.7 Å². The third-order valence-electron chi connectivity index (χ3n) is 6.58. The summed E-state index contributed by atoms with van der Waals surface area (Å²) in [6, 6.07) is 15.5. The fourth-order valence-electron chi connectivity index (χ4n) is 4.46. The molecule has 7 nitrogen and oxygen atoms in total. The molecule has 0 heterocycles. The van der Waals surface area contributed by atoms with Crippen LogP contribution in [0.5, 0.6) is 0 Å². The molecular weight excluding hydrogens is 420 g/mol. The SMILES string of the molecule is CC(NC(=O)C1C=CC(NC(=O)OCC2c3ccccc3-c3ccccc32)C1)C(C)C(=O)O. The molecule has 3 N–H and O–H groups in total. The van der Waals surface area contributed by atoms with Crippen molar-refractivity contribution in [3.05, 3.63) is 71.8 Å². The van der Waals surface area contributed by atoms with Gasteiger partial charge in [0.25, 0.3) is 0 Å². The van der Waals surface area contributed by atoms with Crippen LogP contribution in [0.4, 0.5) is 4.79 Å². The molecular formula is C26H28N2O5. The maximum Gasteiger partial charge on any atom is 0.407 e. The van der Waals surface area contributed by atoms with Crippen molar-refractivity contribution in [2.45, 2.75) is 38.3 Å². The second kappa shape index (κ2) is 9.48. The molecule has 2 aliphatic rings. The topological polar surface area (TPSA) is 105 Å². The zero-order valence-corrected chi connectivity index (χ0v) is 18.7. The lowest BCUT2D eigenvalue weighted by molar-refractivity contribution is -0.142. The molecule has 2 aromatic carbocycles. The van der Waals surface area contributed by atoms with Crippen molar-refractivity contribution < 1.29 is 24.2 Å². The molecule has 33 heavy (non-hydrogen) atoms. The molecule has 2 aliphatic carbocycles. The van der Waals surface area contributed by atoms with E-state index in [1.807, 2.05) is 24.3 Å². The van der Waals surface area contributed by atoms with Gasteiger partial charge >= 0.3 is 12.1 Å². The molecule has 0 aromatic heterocycles. The molecule has 4 rings (SSSR count). The fraction of sp³-hybridized carbons (Fsp3) is 0.346. The lowest BCUT2D eigenvalue weighted by atomic mass is 9.98. The molecule has 0 radical (unpaired) electrons. The quantitative estimate of drug-likeness (QED) is 0.561. The number of benzene rings is 2. The Balaban J connectivity index is 1.29. The minimum Gasteiger partial charge on any atom is -0.481 e. The van der Waals surface area contributed by atoms with Gasteiger partial charge in [0.05, 0.1) is 17.9 Å². The van der Waals surface area contributed by atoms with Crippen LogP contribution in [0.25, 0.3) is 11.1 Å². The molecule has 0 aliphatic heterocycles. The van der Waals surface area contributed by atoms with Crippen LogP contribution in [-0.4, -0.2) is 41.8 Å². The summed E-state index contributed by atoms with van der Waals surface area (Å²) in [6.07, 6.45) is 3.39. The minimum atomic E-state index is -0.959. The third-order valence-corrected chi connectivity index (χ3v) is 6.58. The average molecular weight is 449 g/mol.